The second-order valence-corrected chi connectivity index (χ2v) is 10.6. The van der Waals surface area contributed by atoms with Gasteiger partial charge in [-0.3, -0.25) is 4.79 Å². The number of benzene rings is 2. The maximum atomic E-state index is 12.9. The van der Waals surface area contributed by atoms with Crippen LogP contribution in [-0.2, 0) is 14.8 Å². The van der Waals surface area contributed by atoms with Crippen molar-refractivity contribution in [1.82, 2.24) is 9.29 Å². The minimum Gasteiger partial charge on any atom is -0.379 e. The molecule has 1 amide bonds. The summed E-state index contributed by atoms with van der Waals surface area (Å²) in [6, 6.07) is 14.4. The van der Waals surface area contributed by atoms with Crippen molar-refractivity contribution >= 4 is 33.0 Å². The number of aromatic nitrogens is 1. The molecule has 2 aromatic carbocycles. The number of anilines is 1. The second kappa shape index (κ2) is 9.50. The Hall–Kier alpha value is -2.59. The Balaban J connectivity index is 1.48. The summed E-state index contributed by atoms with van der Waals surface area (Å²) in [7, 11) is -3.64. The summed E-state index contributed by atoms with van der Waals surface area (Å²) in [4.78, 5) is 17.3. The Kier molecular flexibility index (Phi) is 6.71. The topological polar surface area (TPSA) is 88.6 Å². The van der Waals surface area contributed by atoms with Gasteiger partial charge in [0.15, 0.2) is 0 Å². The number of nitrogens with zero attached hydrogens (tertiary/aromatic N) is 2. The van der Waals surface area contributed by atoms with E-state index < -0.39 is 10.0 Å². The van der Waals surface area contributed by atoms with E-state index in [1.54, 1.807) is 17.5 Å². The van der Waals surface area contributed by atoms with Gasteiger partial charge >= 0.3 is 0 Å². The Morgan fingerprint density at radius 2 is 1.84 bits per heavy atom. The van der Waals surface area contributed by atoms with E-state index in [0.29, 0.717) is 43.6 Å². The summed E-state index contributed by atoms with van der Waals surface area (Å²) in [6.07, 6.45) is 0. The van der Waals surface area contributed by atoms with Crippen LogP contribution >= 0.6 is 11.3 Å². The van der Waals surface area contributed by atoms with Gasteiger partial charge in [-0.25, -0.2) is 13.4 Å². The maximum Gasteiger partial charge on any atom is 0.275 e. The lowest BCUT2D eigenvalue weighted by molar-refractivity contribution is 0.0730. The zero-order chi connectivity index (χ0) is 22.7. The number of hydrogen-bond donors (Lipinski definition) is 1. The molecule has 1 saturated heterocycles. The number of amides is 1. The molecule has 9 heteroatoms. The molecule has 168 valence electrons. The molecule has 0 radical (unpaired) electrons. The number of sulfonamides is 1. The number of hydrogen-bond acceptors (Lipinski definition) is 6. The molecule has 1 aliphatic heterocycles. The zero-order valence-corrected chi connectivity index (χ0v) is 19.6. The minimum atomic E-state index is -3.64. The zero-order valence-electron chi connectivity index (χ0n) is 17.9. The number of nitrogens with one attached hydrogen (secondary N) is 1. The predicted octanol–water partition coefficient (Wildman–Crippen LogP) is 4.21. The summed E-state index contributed by atoms with van der Waals surface area (Å²) in [5.41, 5.74) is 2.90. The summed E-state index contributed by atoms with van der Waals surface area (Å²) >= 11 is 1.40. The highest BCUT2D eigenvalue weighted by molar-refractivity contribution is 7.89. The average Bonchev–Trinajstić information content (AvgIpc) is 3.30. The first-order valence-corrected chi connectivity index (χ1v) is 12.7. The molecule has 0 spiro atoms. The van der Waals surface area contributed by atoms with Crippen LogP contribution in [-0.4, -0.2) is 49.9 Å². The van der Waals surface area contributed by atoms with Crippen LogP contribution in [0.4, 0.5) is 5.69 Å². The smallest absolute Gasteiger partial charge is 0.275 e. The van der Waals surface area contributed by atoms with Crippen LogP contribution in [0.3, 0.4) is 0 Å². The molecule has 1 fully saturated rings. The Labute approximate surface area is 192 Å². The standard InChI is InChI=1S/C23H25N3O4S2/c1-16(2)17-6-8-18(9-7-17)23-25-21(15-31-23)22(27)24-19-4-3-5-20(14-19)32(28,29)26-10-12-30-13-11-26/h3-9,14-16H,10-13H2,1-2H3,(H,24,27). The Morgan fingerprint density at radius 3 is 2.53 bits per heavy atom. The largest absolute Gasteiger partial charge is 0.379 e. The third kappa shape index (κ3) is 4.91. The molecular formula is C23H25N3O4S2. The summed E-state index contributed by atoms with van der Waals surface area (Å²) in [5.74, 6) is 0.0664. The molecule has 1 N–H and O–H groups in total. The van der Waals surface area contributed by atoms with Gasteiger partial charge in [0.25, 0.3) is 5.91 Å². The third-order valence-electron chi connectivity index (χ3n) is 5.26. The van der Waals surface area contributed by atoms with E-state index >= 15 is 0 Å². The quantitative estimate of drug-likeness (QED) is 0.582. The highest BCUT2D eigenvalue weighted by atomic mass is 32.2. The normalized spacial score (nSPS) is 15.1. The monoisotopic (exact) mass is 471 g/mol. The van der Waals surface area contributed by atoms with Gasteiger partial charge in [-0.1, -0.05) is 44.2 Å². The first-order chi connectivity index (χ1) is 15.3. The van der Waals surface area contributed by atoms with E-state index in [1.807, 2.05) is 12.1 Å². The van der Waals surface area contributed by atoms with Gasteiger partial charge in [-0.15, -0.1) is 11.3 Å². The van der Waals surface area contributed by atoms with Gasteiger partial charge in [0.2, 0.25) is 10.0 Å². The lowest BCUT2D eigenvalue weighted by Crippen LogP contribution is -2.40. The van der Waals surface area contributed by atoms with Crippen LogP contribution in [0.25, 0.3) is 10.6 Å². The summed E-state index contributed by atoms with van der Waals surface area (Å²) < 4.78 is 32.4. The molecule has 2 heterocycles. The van der Waals surface area contributed by atoms with Crippen LogP contribution < -0.4 is 5.32 Å². The number of carbonyl (C=O) groups excluding carboxylic acids is 1. The number of rotatable bonds is 6. The van der Waals surface area contributed by atoms with E-state index in [9.17, 15) is 13.2 Å². The van der Waals surface area contributed by atoms with Gasteiger partial charge < -0.3 is 10.1 Å². The van der Waals surface area contributed by atoms with Gasteiger partial charge in [0.05, 0.1) is 18.1 Å². The molecule has 3 aromatic rings. The number of carbonyl (C=O) groups is 1. The van der Waals surface area contributed by atoms with E-state index in [1.165, 1.54) is 33.3 Å². The van der Waals surface area contributed by atoms with E-state index in [-0.39, 0.29) is 10.8 Å². The lowest BCUT2D eigenvalue weighted by Gasteiger charge is -2.26. The fourth-order valence-electron chi connectivity index (χ4n) is 3.39. The van der Waals surface area contributed by atoms with E-state index in [4.69, 9.17) is 4.74 Å². The molecule has 0 saturated carbocycles. The van der Waals surface area contributed by atoms with Crippen molar-refractivity contribution in [2.45, 2.75) is 24.7 Å². The maximum absolute atomic E-state index is 12.9. The second-order valence-electron chi connectivity index (χ2n) is 7.81. The van der Waals surface area contributed by atoms with Gasteiger partial charge in [0, 0.05) is 29.7 Å². The Morgan fingerprint density at radius 1 is 1.12 bits per heavy atom. The van der Waals surface area contributed by atoms with Crippen LogP contribution in [0.1, 0.15) is 35.8 Å². The molecule has 4 rings (SSSR count). The van der Waals surface area contributed by atoms with Crippen molar-refractivity contribution in [2.24, 2.45) is 0 Å². The van der Waals surface area contributed by atoms with E-state index in [0.717, 1.165) is 10.6 Å². The average molecular weight is 472 g/mol. The number of thiazole rings is 1. The van der Waals surface area contributed by atoms with Crippen molar-refractivity contribution in [1.29, 1.82) is 0 Å². The highest BCUT2D eigenvalue weighted by Gasteiger charge is 2.26. The lowest BCUT2D eigenvalue weighted by atomic mass is 10.0. The fourth-order valence-corrected chi connectivity index (χ4v) is 5.65. The van der Waals surface area contributed by atoms with Gasteiger partial charge in [0.1, 0.15) is 10.7 Å². The van der Waals surface area contributed by atoms with Crippen LogP contribution in [0.2, 0.25) is 0 Å². The SMILES string of the molecule is CC(C)c1ccc(-c2nc(C(=O)Nc3cccc(S(=O)(=O)N4CCOCC4)c3)cs2)cc1. The van der Waals surface area contributed by atoms with Crippen LogP contribution in [0.5, 0.6) is 0 Å². The number of ether oxygens (including phenoxy) is 1. The first-order valence-electron chi connectivity index (χ1n) is 10.4. The van der Waals surface area contributed by atoms with Crippen molar-refractivity contribution in [3.63, 3.8) is 0 Å². The molecule has 0 bridgehead atoms. The van der Waals surface area contributed by atoms with Crippen molar-refractivity contribution in [2.75, 3.05) is 31.6 Å². The van der Waals surface area contributed by atoms with Gasteiger partial charge in [-0.2, -0.15) is 4.31 Å². The molecule has 0 atom stereocenters. The highest BCUT2D eigenvalue weighted by Crippen LogP contribution is 2.26. The molecule has 1 aromatic heterocycles. The number of morpholine rings is 1. The minimum absolute atomic E-state index is 0.140. The fraction of sp³-hybridized carbons (Fsp3) is 0.304. The van der Waals surface area contributed by atoms with E-state index in [2.05, 4.69) is 36.3 Å². The van der Waals surface area contributed by atoms with Crippen molar-refractivity contribution in [3.8, 4) is 10.6 Å². The van der Waals surface area contributed by atoms with Crippen LogP contribution in [0, 0.1) is 0 Å². The van der Waals surface area contributed by atoms with Crippen molar-refractivity contribution in [3.05, 3.63) is 65.2 Å². The molecule has 7 nitrogen and oxygen atoms in total. The predicted molar refractivity (Wildman–Crippen MR) is 126 cm³/mol. The Bertz CT molecular complexity index is 1200. The molecule has 0 unspecified atom stereocenters. The first kappa shape index (κ1) is 22.6. The summed E-state index contributed by atoms with van der Waals surface area (Å²) in [6.45, 7) is 5.67. The molecule has 1 aliphatic rings. The third-order valence-corrected chi connectivity index (χ3v) is 8.05. The summed E-state index contributed by atoms with van der Waals surface area (Å²) in [5, 5.41) is 5.22. The molecule has 32 heavy (non-hydrogen) atoms. The van der Waals surface area contributed by atoms with Crippen LogP contribution in [0.15, 0.2) is 58.8 Å². The molecular weight excluding hydrogens is 446 g/mol. The molecule has 0 aliphatic carbocycles. The van der Waals surface area contributed by atoms with Crippen molar-refractivity contribution < 1.29 is 17.9 Å². The van der Waals surface area contributed by atoms with Gasteiger partial charge in [-0.05, 0) is 29.7 Å².